The van der Waals surface area contributed by atoms with Crippen molar-refractivity contribution in [3.05, 3.63) is 87.2 Å². The Morgan fingerprint density at radius 2 is 1.55 bits per heavy atom. The summed E-state index contributed by atoms with van der Waals surface area (Å²) in [5, 5.41) is 0.835. The number of H-pyrrole nitrogens is 1. The van der Waals surface area contributed by atoms with Gasteiger partial charge in [-0.05, 0) is 87.5 Å². The molecular weight excluding hydrogens is 508 g/mol. The fraction of sp³-hybridized carbons (Fsp3) is 0.312. The molecule has 1 heterocycles. The van der Waals surface area contributed by atoms with E-state index in [0.717, 1.165) is 16.5 Å². The van der Waals surface area contributed by atoms with E-state index >= 15 is 0 Å². The van der Waals surface area contributed by atoms with Gasteiger partial charge in [-0.3, -0.25) is 9.59 Å². The Balaban J connectivity index is 1.85. The minimum atomic E-state index is -0.298. The number of pyridine rings is 1. The van der Waals surface area contributed by atoms with Crippen LogP contribution < -0.4 is 29.4 Å². The summed E-state index contributed by atoms with van der Waals surface area (Å²) in [6, 6.07) is 16.5. The van der Waals surface area contributed by atoms with Crippen molar-refractivity contribution in [2.75, 3.05) is 31.8 Å². The molecule has 8 nitrogen and oxygen atoms in total. The van der Waals surface area contributed by atoms with Crippen LogP contribution in [0, 0.1) is 13.8 Å². The van der Waals surface area contributed by atoms with Crippen LogP contribution in [-0.4, -0.2) is 37.8 Å². The summed E-state index contributed by atoms with van der Waals surface area (Å²) in [4.78, 5) is 32.1. The van der Waals surface area contributed by atoms with Gasteiger partial charge in [-0.2, -0.15) is 0 Å². The predicted octanol–water partition coefficient (Wildman–Crippen LogP) is 6.20. The molecule has 210 valence electrons. The van der Waals surface area contributed by atoms with E-state index in [9.17, 15) is 9.59 Å². The topological polar surface area (TPSA) is 90.1 Å². The molecule has 3 aromatic carbocycles. The van der Waals surface area contributed by atoms with Crippen molar-refractivity contribution >= 4 is 22.5 Å². The number of amides is 1. The lowest BCUT2D eigenvalue weighted by atomic mass is 10.0. The monoisotopic (exact) mass is 544 g/mol. The molecule has 4 rings (SSSR count). The van der Waals surface area contributed by atoms with E-state index in [-0.39, 0.29) is 18.0 Å². The zero-order valence-electron chi connectivity index (χ0n) is 23.9. The molecule has 0 saturated carbocycles. The predicted molar refractivity (Wildman–Crippen MR) is 157 cm³/mol. The number of rotatable bonds is 11. The van der Waals surface area contributed by atoms with Gasteiger partial charge in [-0.15, -0.1) is 0 Å². The maximum absolute atomic E-state index is 14.3. The number of aromatic amines is 1. The maximum Gasteiger partial charge on any atom is 0.258 e. The number of ether oxygens (including phenoxy) is 4. The highest BCUT2D eigenvalue weighted by Gasteiger charge is 2.25. The number of nitrogens with zero attached hydrogens (tertiary/aromatic N) is 1. The highest BCUT2D eigenvalue weighted by Crippen LogP contribution is 2.40. The third-order valence-electron chi connectivity index (χ3n) is 6.73. The zero-order valence-corrected chi connectivity index (χ0v) is 23.9. The summed E-state index contributed by atoms with van der Waals surface area (Å²) < 4.78 is 22.8. The second-order valence-corrected chi connectivity index (χ2v) is 9.29. The van der Waals surface area contributed by atoms with Crippen molar-refractivity contribution in [3.63, 3.8) is 0 Å². The number of carbonyl (C=O) groups excluding carboxylic acids is 1. The molecule has 40 heavy (non-hydrogen) atoms. The Hall–Kier alpha value is -4.46. The average molecular weight is 545 g/mol. The smallest absolute Gasteiger partial charge is 0.258 e. The number of benzene rings is 3. The molecule has 4 aromatic rings. The highest BCUT2D eigenvalue weighted by atomic mass is 16.5. The molecule has 1 aromatic heterocycles. The van der Waals surface area contributed by atoms with Crippen LogP contribution in [-0.2, 0) is 6.54 Å². The summed E-state index contributed by atoms with van der Waals surface area (Å²) >= 11 is 0. The van der Waals surface area contributed by atoms with E-state index < -0.39 is 0 Å². The van der Waals surface area contributed by atoms with E-state index in [2.05, 4.69) is 4.98 Å². The highest BCUT2D eigenvalue weighted by molar-refractivity contribution is 6.07. The Morgan fingerprint density at radius 1 is 0.875 bits per heavy atom. The van der Waals surface area contributed by atoms with Crippen LogP contribution in [0.3, 0.4) is 0 Å². The van der Waals surface area contributed by atoms with Gasteiger partial charge in [0.2, 0.25) is 5.75 Å². The van der Waals surface area contributed by atoms with Crippen molar-refractivity contribution in [2.45, 2.75) is 41.2 Å². The second kappa shape index (κ2) is 12.6. The van der Waals surface area contributed by atoms with Crippen molar-refractivity contribution in [1.29, 1.82) is 0 Å². The summed E-state index contributed by atoms with van der Waals surface area (Å²) in [5.41, 5.74) is 3.88. The number of nitrogens with one attached hydrogen (secondary N) is 1. The van der Waals surface area contributed by atoms with E-state index in [1.54, 1.807) is 30.2 Å². The first-order valence-electron chi connectivity index (χ1n) is 13.5. The first kappa shape index (κ1) is 28.5. The molecule has 0 atom stereocenters. The molecule has 0 fully saturated rings. The number of fused-ring (bicyclic) bond motifs is 1. The lowest BCUT2D eigenvalue weighted by Gasteiger charge is -2.26. The fourth-order valence-electron chi connectivity index (χ4n) is 4.60. The summed E-state index contributed by atoms with van der Waals surface area (Å²) in [5.74, 6) is 1.67. The largest absolute Gasteiger partial charge is 0.497 e. The number of aromatic nitrogens is 1. The Bertz CT molecular complexity index is 1550. The zero-order chi connectivity index (χ0) is 28.8. The third-order valence-corrected chi connectivity index (χ3v) is 6.73. The normalized spacial score (nSPS) is 10.8. The number of hydrogen-bond acceptors (Lipinski definition) is 6. The van der Waals surface area contributed by atoms with E-state index in [1.807, 2.05) is 71.0 Å². The van der Waals surface area contributed by atoms with Gasteiger partial charge in [-0.25, -0.2) is 0 Å². The van der Waals surface area contributed by atoms with Gasteiger partial charge in [0.25, 0.3) is 11.5 Å². The number of carbonyl (C=O) groups is 1. The van der Waals surface area contributed by atoms with Crippen LogP contribution in [0.4, 0.5) is 5.69 Å². The van der Waals surface area contributed by atoms with Gasteiger partial charge in [0.15, 0.2) is 11.5 Å². The SMILES string of the molecule is CCOc1cc(C(=O)N(Cc2cc3ccc(OC)cc3[nH]c2=O)c2cccc(C)c2C)cc(OCC)c1OCC. The van der Waals surface area contributed by atoms with Gasteiger partial charge in [0, 0.05) is 22.9 Å². The molecule has 0 radical (unpaired) electrons. The van der Waals surface area contributed by atoms with Crippen LogP contribution in [0.15, 0.2) is 59.4 Å². The second-order valence-electron chi connectivity index (χ2n) is 9.29. The van der Waals surface area contributed by atoms with Crippen LogP contribution in [0.1, 0.15) is 47.8 Å². The average Bonchev–Trinajstić information content (AvgIpc) is 2.94. The molecule has 0 unspecified atom stereocenters. The molecule has 0 bridgehead atoms. The summed E-state index contributed by atoms with van der Waals surface area (Å²) in [6.45, 7) is 10.8. The van der Waals surface area contributed by atoms with Gasteiger partial charge in [0.1, 0.15) is 5.75 Å². The number of methoxy groups -OCH3 is 1. The molecule has 1 amide bonds. The molecular formula is C32H36N2O6. The minimum absolute atomic E-state index is 0.0571. The van der Waals surface area contributed by atoms with Crippen molar-refractivity contribution in [1.82, 2.24) is 4.98 Å². The minimum Gasteiger partial charge on any atom is -0.497 e. The van der Waals surface area contributed by atoms with Crippen molar-refractivity contribution < 1.29 is 23.7 Å². The first-order chi connectivity index (χ1) is 19.3. The number of aryl methyl sites for hydroxylation is 1. The molecule has 8 heteroatoms. The van der Waals surface area contributed by atoms with E-state index in [0.29, 0.717) is 65.1 Å². The van der Waals surface area contributed by atoms with Gasteiger partial charge < -0.3 is 28.8 Å². The van der Waals surface area contributed by atoms with Gasteiger partial charge >= 0.3 is 0 Å². The molecule has 0 aliphatic heterocycles. The van der Waals surface area contributed by atoms with Crippen LogP contribution in [0.2, 0.25) is 0 Å². The van der Waals surface area contributed by atoms with E-state index in [1.165, 1.54) is 0 Å². The van der Waals surface area contributed by atoms with Crippen LogP contribution in [0.25, 0.3) is 10.9 Å². The molecule has 1 N–H and O–H groups in total. The molecule has 0 aliphatic rings. The maximum atomic E-state index is 14.3. The molecule has 0 spiro atoms. The van der Waals surface area contributed by atoms with Crippen LogP contribution >= 0.6 is 0 Å². The Kier molecular flexibility index (Phi) is 8.99. The third kappa shape index (κ3) is 5.91. The Morgan fingerprint density at radius 3 is 2.17 bits per heavy atom. The van der Waals surface area contributed by atoms with Crippen molar-refractivity contribution in [2.24, 2.45) is 0 Å². The lowest BCUT2D eigenvalue weighted by Crippen LogP contribution is -2.33. The van der Waals surface area contributed by atoms with Gasteiger partial charge in [-0.1, -0.05) is 12.1 Å². The van der Waals surface area contributed by atoms with Crippen LogP contribution in [0.5, 0.6) is 23.0 Å². The molecule has 0 aliphatic carbocycles. The van der Waals surface area contributed by atoms with E-state index in [4.69, 9.17) is 18.9 Å². The fourth-order valence-corrected chi connectivity index (χ4v) is 4.60. The number of hydrogen-bond donors (Lipinski definition) is 1. The lowest BCUT2D eigenvalue weighted by molar-refractivity contribution is 0.0983. The standard InChI is InChI=1S/C32H36N2O6/c1-7-38-28-16-23(17-29(39-8-2)30(28)40-9-3)32(36)34(27-12-10-11-20(4)21(27)5)19-24-15-22-13-14-25(37-6)18-26(22)33-31(24)35/h10-18H,7-9,19H2,1-6H3,(H,33,35). The molecule has 0 saturated heterocycles. The summed E-state index contributed by atoms with van der Waals surface area (Å²) in [7, 11) is 1.58. The van der Waals surface area contributed by atoms with Crippen molar-refractivity contribution in [3.8, 4) is 23.0 Å². The number of anilines is 1. The first-order valence-corrected chi connectivity index (χ1v) is 13.5. The van der Waals surface area contributed by atoms with Gasteiger partial charge in [0.05, 0.1) is 39.0 Å². The quantitative estimate of drug-likeness (QED) is 0.242. The summed E-state index contributed by atoms with van der Waals surface area (Å²) in [6.07, 6.45) is 0. The Labute approximate surface area is 234 Å².